The minimum absolute atomic E-state index is 0.384. The number of nitrogens with zero attached hydrogens (tertiary/aromatic N) is 1. The van der Waals surface area contributed by atoms with E-state index >= 15 is 0 Å². The Balaban J connectivity index is 2.13. The third-order valence-corrected chi connectivity index (χ3v) is 3.66. The molecule has 0 bridgehead atoms. The molecule has 0 aromatic carbocycles. The summed E-state index contributed by atoms with van der Waals surface area (Å²) in [4.78, 5) is 5.88. The highest BCUT2D eigenvalue weighted by molar-refractivity contribution is 7.10. The lowest BCUT2D eigenvalue weighted by Gasteiger charge is -2.17. The zero-order valence-electron chi connectivity index (χ0n) is 10.3. The average Bonchev–Trinajstić information content (AvgIpc) is 2.82. The Hall–Kier alpha value is -1.35. The first-order valence-corrected chi connectivity index (χ1v) is 6.91. The van der Waals surface area contributed by atoms with Gasteiger partial charge in [0.15, 0.2) is 0 Å². The molecule has 0 amide bonds. The molecule has 2 nitrogen and oxygen atoms in total. The molecule has 3 heteroatoms. The lowest BCUT2D eigenvalue weighted by atomic mass is 10.1. The Morgan fingerprint density at radius 1 is 1.29 bits per heavy atom. The minimum atomic E-state index is 0.384. The van der Waals surface area contributed by atoms with E-state index in [0.29, 0.717) is 6.04 Å². The molecule has 90 valence electrons. The number of aromatic nitrogens is 1. The van der Waals surface area contributed by atoms with Crippen LogP contribution in [-0.2, 0) is 0 Å². The van der Waals surface area contributed by atoms with Crippen molar-refractivity contribution in [2.45, 2.75) is 32.7 Å². The van der Waals surface area contributed by atoms with Crippen LogP contribution in [-0.4, -0.2) is 4.98 Å². The molecule has 2 rings (SSSR count). The summed E-state index contributed by atoms with van der Waals surface area (Å²) < 4.78 is 0. The van der Waals surface area contributed by atoms with Crippen LogP contribution >= 0.6 is 11.3 Å². The molecule has 2 aromatic rings. The molecule has 0 spiro atoms. The first-order chi connectivity index (χ1) is 8.29. The van der Waals surface area contributed by atoms with Crippen molar-refractivity contribution in [2.24, 2.45) is 0 Å². The van der Waals surface area contributed by atoms with E-state index in [4.69, 9.17) is 0 Å². The topological polar surface area (TPSA) is 24.9 Å². The first kappa shape index (κ1) is 12.1. The Morgan fingerprint density at radius 2 is 2.18 bits per heavy atom. The van der Waals surface area contributed by atoms with Gasteiger partial charge >= 0.3 is 0 Å². The van der Waals surface area contributed by atoms with Crippen molar-refractivity contribution in [3.63, 3.8) is 0 Å². The van der Waals surface area contributed by atoms with Crippen molar-refractivity contribution in [3.05, 3.63) is 46.3 Å². The molecule has 0 aliphatic carbocycles. The summed E-state index contributed by atoms with van der Waals surface area (Å²) in [5.41, 5.74) is 1.05. The molecule has 17 heavy (non-hydrogen) atoms. The van der Waals surface area contributed by atoms with E-state index in [9.17, 15) is 0 Å². The fourth-order valence-electron chi connectivity index (χ4n) is 1.87. The van der Waals surface area contributed by atoms with Crippen LogP contribution in [0.2, 0.25) is 0 Å². The highest BCUT2D eigenvalue weighted by Crippen LogP contribution is 2.26. The van der Waals surface area contributed by atoms with Gasteiger partial charge in [0.25, 0.3) is 0 Å². The van der Waals surface area contributed by atoms with E-state index in [-0.39, 0.29) is 0 Å². The molecule has 1 N–H and O–H groups in total. The van der Waals surface area contributed by atoms with Gasteiger partial charge in [-0.1, -0.05) is 25.5 Å². The number of aryl methyl sites for hydroxylation is 1. The van der Waals surface area contributed by atoms with Gasteiger partial charge in [-0.15, -0.1) is 11.3 Å². The number of nitrogens with one attached hydrogen (secondary N) is 1. The van der Waals surface area contributed by atoms with Crippen LogP contribution in [0, 0.1) is 6.92 Å². The molecule has 0 fully saturated rings. The number of rotatable bonds is 5. The summed E-state index contributed by atoms with van der Waals surface area (Å²) >= 11 is 1.80. The third kappa shape index (κ3) is 3.30. The molecule has 0 saturated heterocycles. The van der Waals surface area contributed by atoms with E-state index < -0.39 is 0 Å². The molecule has 0 aliphatic heterocycles. The van der Waals surface area contributed by atoms with E-state index in [1.165, 1.54) is 11.3 Å². The molecular weight excluding hydrogens is 228 g/mol. The van der Waals surface area contributed by atoms with Crippen molar-refractivity contribution >= 4 is 17.2 Å². The SMILES string of the molecule is CCCC(Nc1cccc(C)n1)c1cccs1. The second-order valence-corrected chi connectivity index (χ2v) is 5.14. The summed E-state index contributed by atoms with van der Waals surface area (Å²) in [7, 11) is 0. The highest BCUT2D eigenvalue weighted by Gasteiger charge is 2.11. The summed E-state index contributed by atoms with van der Waals surface area (Å²) in [5.74, 6) is 0.969. The fourth-order valence-corrected chi connectivity index (χ4v) is 2.68. The van der Waals surface area contributed by atoms with Gasteiger partial charge in [0, 0.05) is 10.6 Å². The Kier molecular flexibility index (Phi) is 4.15. The quantitative estimate of drug-likeness (QED) is 0.845. The zero-order chi connectivity index (χ0) is 12.1. The minimum Gasteiger partial charge on any atom is -0.362 e. The van der Waals surface area contributed by atoms with E-state index in [1.54, 1.807) is 11.3 Å². The van der Waals surface area contributed by atoms with Gasteiger partial charge in [0.2, 0.25) is 0 Å². The molecule has 0 aliphatic rings. The second-order valence-electron chi connectivity index (χ2n) is 4.17. The Labute approximate surface area is 107 Å². The summed E-state index contributed by atoms with van der Waals surface area (Å²) in [6.45, 7) is 4.23. The van der Waals surface area contributed by atoms with E-state index in [2.05, 4.69) is 34.7 Å². The van der Waals surface area contributed by atoms with Gasteiger partial charge in [0.05, 0.1) is 6.04 Å². The predicted octanol–water partition coefficient (Wildman–Crippen LogP) is 4.40. The van der Waals surface area contributed by atoms with Gasteiger partial charge in [0.1, 0.15) is 5.82 Å². The molecule has 2 heterocycles. The lowest BCUT2D eigenvalue weighted by Crippen LogP contribution is -2.10. The number of hydrogen-bond donors (Lipinski definition) is 1. The molecule has 0 radical (unpaired) electrons. The van der Waals surface area contributed by atoms with Crippen LogP contribution in [0.4, 0.5) is 5.82 Å². The largest absolute Gasteiger partial charge is 0.362 e. The molecule has 1 unspecified atom stereocenters. The molecular formula is C14H18N2S. The normalized spacial score (nSPS) is 12.4. The van der Waals surface area contributed by atoms with Crippen molar-refractivity contribution < 1.29 is 0 Å². The van der Waals surface area contributed by atoms with Gasteiger partial charge in [-0.2, -0.15) is 0 Å². The van der Waals surface area contributed by atoms with Gasteiger partial charge in [-0.3, -0.25) is 0 Å². The van der Waals surface area contributed by atoms with E-state index in [1.807, 2.05) is 25.1 Å². The summed E-state index contributed by atoms with van der Waals surface area (Å²) in [6, 6.07) is 10.8. The highest BCUT2D eigenvalue weighted by atomic mass is 32.1. The zero-order valence-corrected chi connectivity index (χ0v) is 11.1. The van der Waals surface area contributed by atoms with Crippen LogP contribution < -0.4 is 5.32 Å². The van der Waals surface area contributed by atoms with Crippen molar-refractivity contribution in [2.75, 3.05) is 5.32 Å². The maximum Gasteiger partial charge on any atom is 0.126 e. The first-order valence-electron chi connectivity index (χ1n) is 6.03. The monoisotopic (exact) mass is 246 g/mol. The van der Waals surface area contributed by atoms with Gasteiger partial charge in [-0.05, 0) is 36.9 Å². The standard InChI is InChI=1S/C14H18N2S/c1-3-6-12(13-8-5-10-17-13)16-14-9-4-7-11(2)15-14/h4-5,7-10,12H,3,6H2,1-2H3,(H,15,16). The Morgan fingerprint density at radius 3 is 2.82 bits per heavy atom. The van der Waals surface area contributed by atoms with E-state index in [0.717, 1.165) is 17.9 Å². The van der Waals surface area contributed by atoms with Crippen molar-refractivity contribution in [1.29, 1.82) is 0 Å². The van der Waals surface area contributed by atoms with Crippen LogP contribution in [0.3, 0.4) is 0 Å². The molecule has 1 atom stereocenters. The summed E-state index contributed by atoms with van der Waals surface area (Å²) in [5, 5.41) is 5.65. The maximum atomic E-state index is 4.50. The van der Waals surface area contributed by atoms with Crippen LogP contribution in [0.5, 0.6) is 0 Å². The number of hydrogen-bond acceptors (Lipinski definition) is 3. The predicted molar refractivity (Wildman–Crippen MR) is 74.6 cm³/mol. The number of anilines is 1. The maximum absolute atomic E-state index is 4.50. The van der Waals surface area contributed by atoms with Crippen molar-refractivity contribution in [1.82, 2.24) is 4.98 Å². The van der Waals surface area contributed by atoms with Gasteiger partial charge in [-0.25, -0.2) is 4.98 Å². The molecule has 2 aromatic heterocycles. The smallest absolute Gasteiger partial charge is 0.126 e. The van der Waals surface area contributed by atoms with Crippen LogP contribution in [0.1, 0.15) is 36.4 Å². The number of thiophene rings is 1. The lowest BCUT2D eigenvalue weighted by molar-refractivity contribution is 0.684. The van der Waals surface area contributed by atoms with Crippen LogP contribution in [0.25, 0.3) is 0 Å². The summed E-state index contributed by atoms with van der Waals surface area (Å²) in [6.07, 6.45) is 2.30. The second kappa shape index (κ2) is 5.82. The van der Waals surface area contributed by atoms with Crippen LogP contribution in [0.15, 0.2) is 35.7 Å². The number of pyridine rings is 1. The third-order valence-electron chi connectivity index (χ3n) is 2.67. The fraction of sp³-hybridized carbons (Fsp3) is 0.357. The molecule has 0 saturated carbocycles. The average molecular weight is 246 g/mol. The van der Waals surface area contributed by atoms with Gasteiger partial charge < -0.3 is 5.32 Å². The Bertz CT molecular complexity index is 451. The van der Waals surface area contributed by atoms with Crippen molar-refractivity contribution in [3.8, 4) is 0 Å².